The largest absolute Gasteiger partial charge is 0.478 e. The molecule has 1 fully saturated rings. The van der Waals surface area contributed by atoms with Crippen molar-refractivity contribution in [2.24, 2.45) is 5.92 Å². The quantitative estimate of drug-likeness (QED) is 0.808. The van der Waals surface area contributed by atoms with Gasteiger partial charge in [-0.15, -0.1) is 0 Å². The number of allylic oxidation sites excluding steroid dienone is 1. The first-order chi connectivity index (χ1) is 8.25. The van der Waals surface area contributed by atoms with Crippen LogP contribution in [0.25, 0.3) is 0 Å². The molecule has 0 saturated heterocycles. The number of benzene rings is 1. The zero-order valence-electron chi connectivity index (χ0n) is 9.93. The fourth-order valence-corrected chi connectivity index (χ4v) is 2.59. The third-order valence-electron chi connectivity index (χ3n) is 3.43. The van der Waals surface area contributed by atoms with Crippen LogP contribution in [-0.2, 0) is 11.2 Å². The van der Waals surface area contributed by atoms with Gasteiger partial charge in [-0.05, 0) is 37.2 Å². The highest BCUT2D eigenvalue weighted by Crippen LogP contribution is 2.31. The van der Waals surface area contributed by atoms with Crippen molar-refractivity contribution in [3.8, 4) is 0 Å². The summed E-state index contributed by atoms with van der Waals surface area (Å²) < 4.78 is 0. The van der Waals surface area contributed by atoms with E-state index in [0.29, 0.717) is 5.92 Å². The fraction of sp³-hybridized carbons (Fsp3) is 0.400. The Kier molecular flexibility index (Phi) is 3.97. The van der Waals surface area contributed by atoms with Crippen molar-refractivity contribution in [1.82, 2.24) is 0 Å². The van der Waals surface area contributed by atoms with Crippen LogP contribution < -0.4 is 0 Å². The van der Waals surface area contributed by atoms with Crippen LogP contribution in [0.15, 0.2) is 42.0 Å². The topological polar surface area (TPSA) is 37.3 Å². The summed E-state index contributed by atoms with van der Waals surface area (Å²) in [4.78, 5) is 10.8. The highest BCUT2D eigenvalue weighted by Gasteiger charge is 2.19. The van der Waals surface area contributed by atoms with Crippen LogP contribution in [0.1, 0.15) is 31.2 Å². The van der Waals surface area contributed by atoms with Crippen LogP contribution >= 0.6 is 0 Å². The Bertz CT molecular complexity index is 406. The second-order valence-corrected chi connectivity index (χ2v) is 4.69. The second kappa shape index (κ2) is 5.67. The average molecular weight is 230 g/mol. The van der Waals surface area contributed by atoms with Gasteiger partial charge in [0.25, 0.3) is 0 Å². The van der Waals surface area contributed by atoms with Gasteiger partial charge in [0.05, 0.1) is 0 Å². The van der Waals surface area contributed by atoms with E-state index in [-0.39, 0.29) is 0 Å². The lowest BCUT2D eigenvalue weighted by molar-refractivity contribution is -0.131. The molecule has 1 aromatic carbocycles. The molecule has 0 spiro atoms. The number of rotatable bonds is 3. The van der Waals surface area contributed by atoms with Crippen molar-refractivity contribution in [2.75, 3.05) is 0 Å². The number of carboxylic acid groups (broad SMARTS) is 1. The van der Waals surface area contributed by atoms with Crippen molar-refractivity contribution < 1.29 is 9.90 Å². The van der Waals surface area contributed by atoms with E-state index in [0.717, 1.165) is 31.3 Å². The molecule has 1 aliphatic carbocycles. The molecule has 1 unspecified atom stereocenters. The Morgan fingerprint density at radius 3 is 2.76 bits per heavy atom. The lowest BCUT2D eigenvalue weighted by Gasteiger charge is -2.25. The van der Waals surface area contributed by atoms with E-state index in [9.17, 15) is 4.79 Å². The molecular formula is C15H18O2. The number of hydrogen-bond acceptors (Lipinski definition) is 1. The minimum absolute atomic E-state index is 0.419. The molecule has 2 rings (SSSR count). The standard InChI is InChI=1S/C15H18O2/c16-15(17)11-14-9-5-4-8-13(14)10-12-6-2-1-3-7-12/h1-3,6-7,11,13H,4-5,8-10H2,(H,16,17)/b14-11+. The van der Waals surface area contributed by atoms with Gasteiger partial charge in [0.2, 0.25) is 0 Å². The van der Waals surface area contributed by atoms with Crippen LogP contribution in [0.3, 0.4) is 0 Å². The summed E-state index contributed by atoms with van der Waals surface area (Å²) in [5.41, 5.74) is 2.42. The molecule has 1 N–H and O–H groups in total. The smallest absolute Gasteiger partial charge is 0.328 e. The maximum Gasteiger partial charge on any atom is 0.328 e. The second-order valence-electron chi connectivity index (χ2n) is 4.69. The molecule has 0 aromatic heterocycles. The third kappa shape index (κ3) is 3.45. The van der Waals surface area contributed by atoms with Gasteiger partial charge in [-0.25, -0.2) is 4.79 Å². The van der Waals surface area contributed by atoms with E-state index < -0.39 is 5.97 Å². The predicted octanol–water partition coefficient (Wildman–Crippen LogP) is 3.43. The first-order valence-corrected chi connectivity index (χ1v) is 6.23. The van der Waals surface area contributed by atoms with Crippen molar-refractivity contribution in [1.29, 1.82) is 0 Å². The Hall–Kier alpha value is -1.57. The van der Waals surface area contributed by atoms with E-state index in [4.69, 9.17) is 5.11 Å². The van der Waals surface area contributed by atoms with Crippen LogP contribution in [-0.4, -0.2) is 11.1 Å². The van der Waals surface area contributed by atoms with Crippen LogP contribution in [0.5, 0.6) is 0 Å². The van der Waals surface area contributed by atoms with Crippen LogP contribution in [0, 0.1) is 5.92 Å². The SMILES string of the molecule is O=C(O)/C=C1\CCCCC1Cc1ccccc1. The Labute approximate surface area is 102 Å². The summed E-state index contributed by atoms with van der Waals surface area (Å²) >= 11 is 0. The van der Waals surface area contributed by atoms with Gasteiger partial charge < -0.3 is 5.11 Å². The van der Waals surface area contributed by atoms with Gasteiger partial charge in [0, 0.05) is 6.08 Å². The molecule has 17 heavy (non-hydrogen) atoms. The maximum absolute atomic E-state index is 10.8. The summed E-state index contributed by atoms with van der Waals surface area (Å²) in [5.74, 6) is -0.387. The summed E-state index contributed by atoms with van der Waals surface area (Å²) in [7, 11) is 0. The first kappa shape index (κ1) is 11.9. The van der Waals surface area contributed by atoms with Gasteiger partial charge in [0.1, 0.15) is 0 Å². The van der Waals surface area contributed by atoms with E-state index in [2.05, 4.69) is 12.1 Å². The van der Waals surface area contributed by atoms with Crippen molar-refractivity contribution in [2.45, 2.75) is 32.1 Å². The minimum atomic E-state index is -0.806. The number of aliphatic carboxylic acids is 1. The third-order valence-corrected chi connectivity index (χ3v) is 3.43. The maximum atomic E-state index is 10.8. The molecule has 1 saturated carbocycles. The minimum Gasteiger partial charge on any atom is -0.478 e. The van der Waals surface area contributed by atoms with Gasteiger partial charge in [-0.2, -0.15) is 0 Å². The van der Waals surface area contributed by atoms with Gasteiger partial charge in [0.15, 0.2) is 0 Å². The van der Waals surface area contributed by atoms with E-state index >= 15 is 0 Å². The molecule has 0 aliphatic heterocycles. The number of hydrogen-bond donors (Lipinski definition) is 1. The summed E-state index contributed by atoms with van der Waals surface area (Å²) in [6, 6.07) is 10.3. The number of carbonyl (C=O) groups is 1. The normalized spacial score (nSPS) is 22.6. The molecule has 0 amide bonds. The molecule has 1 aromatic rings. The predicted molar refractivity (Wildman–Crippen MR) is 67.8 cm³/mol. The zero-order valence-corrected chi connectivity index (χ0v) is 9.93. The van der Waals surface area contributed by atoms with Gasteiger partial charge in [-0.3, -0.25) is 0 Å². The molecule has 0 radical (unpaired) electrons. The molecular weight excluding hydrogens is 212 g/mol. The van der Waals surface area contributed by atoms with Crippen molar-refractivity contribution >= 4 is 5.97 Å². The van der Waals surface area contributed by atoms with Gasteiger partial charge in [-0.1, -0.05) is 42.3 Å². The lowest BCUT2D eigenvalue weighted by Crippen LogP contribution is -2.14. The summed E-state index contributed by atoms with van der Waals surface area (Å²) in [6.45, 7) is 0. The Morgan fingerprint density at radius 2 is 2.06 bits per heavy atom. The fourth-order valence-electron chi connectivity index (χ4n) is 2.59. The Morgan fingerprint density at radius 1 is 1.29 bits per heavy atom. The zero-order chi connectivity index (χ0) is 12.1. The van der Waals surface area contributed by atoms with Gasteiger partial charge >= 0.3 is 5.97 Å². The number of carboxylic acids is 1. The van der Waals surface area contributed by atoms with Crippen LogP contribution in [0.4, 0.5) is 0 Å². The molecule has 2 nitrogen and oxygen atoms in total. The summed E-state index contributed by atoms with van der Waals surface area (Å²) in [5, 5.41) is 8.87. The van der Waals surface area contributed by atoms with E-state index in [1.165, 1.54) is 18.1 Å². The first-order valence-electron chi connectivity index (χ1n) is 6.23. The van der Waals surface area contributed by atoms with Crippen LogP contribution in [0.2, 0.25) is 0 Å². The monoisotopic (exact) mass is 230 g/mol. The van der Waals surface area contributed by atoms with Crippen molar-refractivity contribution in [3.63, 3.8) is 0 Å². The van der Waals surface area contributed by atoms with E-state index in [1.807, 2.05) is 18.2 Å². The molecule has 90 valence electrons. The molecule has 0 bridgehead atoms. The van der Waals surface area contributed by atoms with E-state index in [1.54, 1.807) is 0 Å². The average Bonchev–Trinajstić information content (AvgIpc) is 2.32. The molecule has 0 heterocycles. The molecule has 1 atom stereocenters. The van der Waals surface area contributed by atoms with Crippen molar-refractivity contribution in [3.05, 3.63) is 47.5 Å². The molecule has 1 aliphatic rings. The highest BCUT2D eigenvalue weighted by atomic mass is 16.4. The summed E-state index contributed by atoms with van der Waals surface area (Å²) in [6.07, 6.45) is 6.81. The Balaban J connectivity index is 2.09. The highest BCUT2D eigenvalue weighted by molar-refractivity contribution is 5.80. The lowest BCUT2D eigenvalue weighted by atomic mass is 9.80. The molecule has 2 heteroatoms.